The first-order valence-corrected chi connectivity index (χ1v) is 14.6. The Labute approximate surface area is 239 Å². The molecule has 0 amide bonds. The van der Waals surface area contributed by atoms with E-state index < -0.39 is 0 Å². The lowest BCUT2D eigenvalue weighted by Crippen LogP contribution is -2.18. The van der Waals surface area contributed by atoms with Gasteiger partial charge in [-0.15, -0.1) is 0 Å². The Hall–Kier alpha value is -3.72. The highest BCUT2D eigenvalue weighted by atomic mass is 19.2. The van der Waals surface area contributed by atoms with Gasteiger partial charge in [0.2, 0.25) is 0 Å². The Morgan fingerprint density at radius 1 is 1.07 bits per heavy atom. The Bertz CT molecular complexity index is 1510. The van der Waals surface area contributed by atoms with Gasteiger partial charge < -0.3 is 0 Å². The minimum atomic E-state index is -0.141. The standard InChI is InChI=1S/C37H41FN2/c1-6-14-29(27(3)39-21-13-12-17-28-15-8-7-9-16-28)23-30-24-33-31-18-10-11-19-34(31)37(4,5)35(33)25-32(30)36-26(2)20-22-40(36)38/h6-8,10-15,18-22,24-25,27,29H,9,16-17,23H2,1-5H3/b13-12-,14-6?,39-21?/t27?,29-/m0/s1. The monoisotopic (exact) mass is 532 g/mol. The van der Waals surface area contributed by atoms with E-state index in [1.165, 1.54) is 34.0 Å². The maximum absolute atomic E-state index is 15.2. The number of allylic oxidation sites excluding steroid dienone is 7. The maximum atomic E-state index is 15.2. The van der Waals surface area contributed by atoms with Gasteiger partial charge in [0.05, 0.1) is 11.7 Å². The van der Waals surface area contributed by atoms with E-state index in [-0.39, 0.29) is 17.4 Å². The van der Waals surface area contributed by atoms with E-state index >= 15 is 4.48 Å². The predicted molar refractivity (Wildman–Crippen MR) is 169 cm³/mol. The molecule has 206 valence electrons. The van der Waals surface area contributed by atoms with Crippen molar-refractivity contribution in [2.24, 2.45) is 10.9 Å². The lowest BCUT2D eigenvalue weighted by atomic mass is 9.80. The van der Waals surface area contributed by atoms with Crippen LogP contribution in [-0.4, -0.2) is 17.0 Å². The van der Waals surface area contributed by atoms with Gasteiger partial charge in [0.25, 0.3) is 0 Å². The number of halogens is 1. The molecule has 0 radical (unpaired) electrons. The molecule has 3 heteroatoms. The molecule has 40 heavy (non-hydrogen) atoms. The zero-order valence-electron chi connectivity index (χ0n) is 24.5. The molecule has 0 spiro atoms. The van der Waals surface area contributed by atoms with E-state index in [0.717, 1.165) is 47.2 Å². The number of hydrogen-bond acceptors (Lipinski definition) is 1. The lowest BCUT2D eigenvalue weighted by Gasteiger charge is -2.24. The molecule has 1 aromatic heterocycles. The second-order valence-electron chi connectivity index (χ2n) is 11.7. The minimum Gasteiger partial charge on any atom is -0.290 e. The molecule has 2 aliphatic rings. The molecule has 2 aliphatic carbocycles. The Morgan fingerprint density at radius 2 is 1.90 bits per heavy atom. The molecule has 2 aromatic carbocycles. The van der Waals surface area contributed by atoms with Crippen molar-refractivity contribution in [1.82, 2.24) is 4.79 Å². The number of nitrogens with zero attached hydrogens (tertiary/aromatic N) is 2. The fraction of sp³-hybridized carbons (Fsp3) is 0.324. The van der Waals surface area contributed by atoms with Gasteiger partial charge in [-0.2, -0.15) is 4.79 Å². The van der Waals surface area contributed by atoms with Crippen LogP contribution in [0.5, 0.6) is 0 Å². The molecule has 0 fully saturated rings. The summed E-state index contributed by atoms with van der Waals surface area (Å²) in [5.41, 5.74) is 10.2. The van der Waals surface area contributed by atoms with Gasteiger partial charge in [0, 0.05) is 29.3 Å². The number of benzene rings is 2. The van der Waals surface area contributed by atoms with Crippen LogP contribution in [0.2, 0.25) is 0 Å². The SMILES string of the molecule is CC=C[C@@H](Cc1cc2c(cc1-c1c(C)ccn1F)C(C)(C)c1ccccc1-2)C(C)N=C/C=C\CC1=CC=CCC1. The van der Waals surface area contributed by atoms with Gasteiger partial charge in [-0.25, -0.2) is 0 Å². The number of aryl methyl sites for hydroxylation is 1. The first kappa shape index (κ1) is 27.8. The Morgan fingerprint density at radius 3 is 2.62 bits per heavy atom. The number of aromatic nitrogens is 1. The Balaban J connectivity index is 1.48. The normalized spacial score (nSPS) is 17.5. The number of aliphatic imine (C=N–C) groups is 1. The quantitative estimate of drug-likeness (QED) is 0.193. The third-order valence-corrected chi connectivity index (χ3v) is 8.64. The summed E-state index contributed by atoms with van der Waals surface area (Å²) < 4.78 is 15.2. The van der Waals surface area contributed by atoms with Crippen LogP contribution in [0.3, 0.4) is 0 Å². The summed E-state index contributed by atoms with van der Waals surface area (Å²) >= 11 is 0. The van der Waals surface area contributed by atoms with Crippen molar-refractivity contribution in [3.8, 4) is 22.4 Å². The summed E-state index contributed by atoms with van der Waals surface area (Å²) in [7, 11) is 0. The van der Waals surface area contributed by atoms with Crippen molar-refractivity contribution < 1.29 is 4.48 Å². The molecule has 0 saturated heterocycles. The van der Waals surface area contributed by atoms with E-state index in [4.69, 9.17) is 4.99 Å². The van der Waals surface area contributed by atoms with Crippen molar-refractivity contribution in [3.63, 3.8) is 0 Å². The fourth-order valence-electron chi connectivity index (χ4n) is 6.31. The zero-order chi connectivity index (χ0) is 28.3. The molecular formula is C37H41FN2. The van der Waals surface area contributed by atoms with E-state index in [2.05, 4.69) is 107 Å². The Kier molecular flexibility index (Phi) is 8.21. The average Bonchev–Trinajstić information content (AvgIpc) is 3.40. The number of rotatable bonds is 9. The summed E-state index contributed by atoms with van der Waals surface area (Å²) in [6.45, 7) is 10.8. The summed E-state index contributed by atoms with van der Waals surface area (Å²) in [6, 6.07) is 15.2. The van der Waals surface area contributed by atoms with E-state index in [1.54, 1.807) is 0 Å². The van der Waals surface area contributed by atoms with Crippen molar-refractivity contribution >= 4 is 6.21 Å². The first-order chi connectivity index (χ1) is 19.3. The van der Waals surface area contributed by atoms with Crippen LogP contribution in [0.15, 0.2) is 102 Å². The third kappa shape index (κ3) is 5.47. The van der Waals surface area contributed by atoms with E-state index in [9.17, 15) is 0 Å². The van der Waals surface area contributed by atoms with Crippen molar-refractivity contribution in [2.75, 3.05) is 0 Å². The van der Waals surface area contributed by atoms with Crippen molar-refractivity contribution in [3.05, 3.63) is 119 Å². The minimum absolute atomic E-state index is 0.0840. The van der Waals surface area contributed by atoms with Crippen LogP contribution in [0.25, 0.3) is 22.4 Å². The molecule has 0 saturated carbocycles. The van der Waals surface area contributed by atoms with Gasteiger partial charge >= 0.3 is 0 Å². The second-order valence-corrected chi connectivity index (χ2v) is 11.7. The van der Waals surface area contributed by atoms with Gasteiger partial charge in [-0.1, -0.05) is 90.7 Å². The van der Waals surface area contributed by atoms with Crippen LogP contribution in [0, 0.1) is 12.8 Å². The molecule has 0 N–H and O–H groups in total. The van der Waals surface area contributed by atoms with Crippen LogP contribution in [0.1, 0.15) is 69.2 Å². The van der Waals surface area contributed by atoms with Gasteiger partial charge in [0.1, 0.15) is 0 Å². The lowest BCUT2D eigenvalue weighted by molar-refractivity contribution is 0.376. The van der Waals surface area contributed by atoms with Crippen molar-refractivity contribution in [2.45, 2.75) is 71.8 Å². The van der Waals surface area contributed by atoms with Crippen LogP contribution < -0.4 is 0 Å². The van der Waals surface area contributed by atoms with E-state index in [1.807, 2.05) is 19.2 Å². The predicted octanol–water partition coefficient (Wildman–Crippen LogP) is 9.92. The van der Waals surface area contributed by atoms with Crippen molar-refractivity contribution in [1.29, 1.82) is 0 Å². The van der Waals surface area contributed by atoms with Crippen LogP contribution >= 0.6 is 0 Å². The fourth-order valence-corrected chi connectivity index (χ4v) is 6.31. The highest BCUT2D eigenvalue weighted by Crippen LogP contribution is 2.51. The highest BCUT2D eigenvalue weighted by Gasteiger charge is 2.36. The number of hydrogen-bond donors (Lipinski definition) is 0. The average molecular weight is 533 g/mol. The van der Waals surface area contributed by atoms with Gasteiger partial charge in [0.15, 0.2) is 0 Å². The smallest absolute Gasteiger partial charge is 0.0844 e. The topological polar surface area (TPSA) is 17.3 Å². The zero-order valence-corrected chi connectivity index (χ0v) is 24.5. The molecule has 2 atom stereocenters. The summed E-state index contributed by atoms with van der Waals surface area (Å²) in [5.74, 6) is 0.186. The molecular weight excluding hydrogens is 491 g/mol. The molecule has 2 nitrogen and oxygen atoms in total. The summed E-state index contributed by atoms with van der Waals surface area (Å²) in [4.78, 5) is 5.69. The van der Waals surface area contributed by atoms with E-state index in [0.29, 0.717) is 5.69 Å². The van der Waals surface area contributed by atoms with Gasteiger partial charge in [-0.05, 0) is 98.0 Å². The molecule has 0 bridgehead atoms. The summed E-state index contributed by atoms with van der Waals surface area (Å²) in [5, 5.41) is 0. The molecule has 5 rings (SSSR count). The van der Waals surface area contributed by atoms with Crippen LogP contribution in [-0.2, 0) is 11.8 Å². The third-order valence-electron chi connectivity index (χ3n) is 8.64. The maximum Gasteiger partial charge on any atom is 0.0844 e. The molecule has 0 aliphatic heterocycles. The number of fused-ring (bicyclic) bond motifs is 3. The second kappa shape index (κ2) is 11.8. The van der Waals surface area contributed by atoms with Gasteiger partial charge in [-0.3, -0.25) is 4.99 Å². The molecule has 3 aromatic rings. The van der Waals surface area contributed by atoms with Crippen LogP contribution in [0.4, 0.5) is 4.48 Å². The summed E-state index contributed by atoms with van der Waals surface area (Å²) in [6.07, 6.45) is 22.7. The largest absolute Gasteiger partial charge is 0.290 e. The molecule has 1 heterocycles. The first-order valence-electron chi connectivity index (χ1n) is 14.6. The molecule has 1 unspecified atom stereocenters. The highest BCUT2D eigenvalue weighted by molar-refractivity contribution is 5.85.